The lowest BCUT2D eigenvalue weighted by molar-refractivity contribution is 0.173. The van der Waals surface area contributed by atoms with Crippen molar-refractivity contribution in [3.05, 3.63) is 29.8 Å². The first-order valence-electron chi connectivity index (χ1n) is 8.41. The lowest BCUT2D eigenvalue weighted by Gasteiger charge is -2.25. The van der Waals surface area contributed by atoms with E-state index in [0.717, 1.165) is 44.7 Å². The largest absolute Gasteiger partial charge is 0.388 e. The molecule has 0 aliphatic rings. The number of anilines is 1. The van der Waals surface area contributed by atoms with E-state index in [9.17, 15) is 5.11 Å². The van der Waals surface area contributed by atoms with E-state index in [1.165, 1.54) is 12.1 Å². The highest BCUT2D eigenvalue weighted by molar-refractivity contribution is 5.47. The van der Waals surface area contributed by atoms with Gasteiger partial charge in [0.1, 0.15) is 0 Å². The Balaban J connectivity index is 2.55. The molecule has 0 saturated heterocycles. The average Bonchev–Trinajstić information content (AvgIpc) is 2.55. The quantitative estimate of drug-likeness (QED) is 0.712. The second-order valence-corrected chi connectivity index (χ2v) is 5.48. The van der Waals surface area contributed by atoms with Gasteiger partial charge in [-0.15, -0.1) is 0 Å². The van der Waals surface area contributed by atoms with Gasteiger partial charge in [-0.3, -0.25) is 0 Å². The predicted molar refractivity (Wildman–Crippen MR) is 92.0 cm³/mol. The zero-order chi connectivity index (χ0) is 15.7. The number of nitrogens with zero attached hydrogens (tertiary/aromatic N) is 2. The second kappa shape index (κ2) is 9.80. The Labute approximate surface area is 130 Å². The van der Waals surface area contributed by atoms with Gasteiger partial charge in [0, 0.05) is 18.8 Å². The highest BCUT2D eigenvalue weighted by atomic mass is 16.3. The number of aliphatic hydroxyl groups excluding tert-OH is 1. The van der Waals surface area contributed by atoms with Crippen molar-refractivity contribution in [2.45, 2.75) is 46.6 Å². The Bertz CT molecular complexity index is 373. The molecule has 21 heavy (non-hydrogen) atoms. The molecule has 1 atom stereocenters. The molecule has 1 aromatic rings. The number of hydrogen-bond acceptors (Lipinski definition) is 3. The molecule has 3 nitrogen and oxygen atoms in total. The smallest absolute Gasteiger partial charge is 0.0787 e. The zero-order valence-electron chi connectivity index (χ0n) is 14.2. The maximum Gasteiger partial charge on any atom is 0.0787 e. The Morgan fingerprint density at radius 1 is 0.905 bits per heavy atom. The predicted octanol–water partition coefficient (Wildman–Crippen LogP) is 3.69. The molecular formula is C18H32N2O. The fourth-order valence-electron chi connectivity index (χ4n) is 2.64. The Kier molecular flexibility index (Phi) is 8.40. The summed E-state index contributed by atoms with van der Waals surface area (Å²) in [5.41, 5.74) is 2.27. The summed E-state index contributed by atoms with van der Waals surface area (Å²) in [7, 11) is 0. The summed E-state index contributed by atoms with van der Waals surface area (Å²) in [6, 6.07) is 8.37. The van der Waals surface area contributed by atoms with Crippen molar-refractivity contribution in [1.29, 1.82) is 0 Å². The highest BCUT2D eigenvalue weighted by Crippen LogP contribution is 2.21. The first-order valence-corrected chi connectivity index (χ1v) is 8.41. The summed E-state index contributed by atoms with van der Waals surface area (Å²) in [6.45, 7) is 14.2. The van der Waals surface area contributed by atoms with E-state index in [2.05, 4.69) is 54.8 Å². The van der Waals surface area contributed by atoms with Gasteiger partial charge >= 0.3 is 0 Å². The van der Waals surface area contributed by atoms with Crippen molar-refractivity contribution in [1.82, 2.24) is 4.90 Å². The van der Waals surface area contributed by atoms with Gasteiger partial charge in [-0.1, -0.05) is 32.9 Å². The van der Waals surface area contributed by atoms with Crippen LogP contribution in [0.2, 0.25) is 0 Å². The van der Waals surface area contributed by atoms with E-state index >= 15 is 0 Å². The molecule has 0 fully saturated rings. The van der Waals surface area contributed by atoms with E-state index in [1.807, 2.05) is 6.92 Å². The van der Waals surface area contributed by atoms with Gasteiger partial charge in [-0.05, 0) is 57.1 Å². The van der Waals surface area contributed by atoms with Crippen molar-refractivity contribution < 1.29 is 5.11 Å². The van der Waals surface area contributed by atoms with Crippen LogP contribution in [0.15, 0.2) is 24.3 Å². The molecule has 0 radical (unpaired) electrons. The van der Waals surface area contributed by atoms with Crippen molar-refractivity contribution in [2.24, 2.45) is 0 Å². The highest BCUT2D eigenvalue weighted by Gasteiger charge is 2.08. The number of hydrogen-bond donors (Lipinski definition) is 1. The van der Waals surface area contributed by atoms with Crippen molar-refractivity contribution in [3.63, 3.8) is 0 Å². The Morgan fingerprint density at radius 3 is 2.00 bits per heavy atom. The molecule has 1 N–H and O–H groups in total. The number of benzene rings is 1. The maximum atomic E-state index is 9.85. The molecular weight excluding hydrogens is 260 g/mol. The molecule has 120 valence electrons. The maximum absolute atomic E-state index is 9.85. The molecule has 1 aromatic carbocycles. The van der Waals surface area contributed by atoms with Gasteiger partial charge in [-0.2, -0.15) is 0 Å². The van der Waals surface area contributed by atoms with Crippen LogP contribution in [0.1, 0.15) is 52.2 Å². The summed E-state index contributed by atoms with van der Waals surface area (Å²) >= 11 is 0. The minimum Gasteiger partial charge on any atom is -0.388 e. The van der Waals surface area contributed by atoms with E-state index in [1.54, 1.807) is 0 Å². The van der Waals surface area contributed by atoms with Gasteiger partial charge in [-0.25, -0.2) is 0 Å². The van der Waals surface area contributed by atoms with Crippen LogP contribution in [0.25, 0.3) is 0 Å². The lowest BCUT2D eigenvalue weighted by atomic mass is 10.1. The minimum absolute atomic E-state index is 0.336. The van der Waals surface area contributed by atoms with E-state index in [0.29, 0.717) is 0 Å². The second-order valence-electron chi connectivity index (χ2n) is 5.48. The molecule has 0 aromatic heterocycles. The average molecular weight is 292 g/mol. The number of aliphatic hydroxyl groups is 1. The molecule has 1 rings (SSSR count). The van der Waals surface area contributed by atoms with Crippen LogP contribution in [0.4, 0.5) is 5.69 Å². The van der Waals surface area contributed by atoms with Crippen LogP contribution < -0.4 is 4.90 Å². The van der Waals surface area contributed by atoms with E-state index in [-0.39, 0.29) is 6.10 Å². The molecule has 0 heterocycles. The standard InChI is InChI=1S/C18H32N2O/c1-5-18(21)16-10-12-17(13-11-16)20(8-4)15-9-14-19(6-2)7-3/h10-13,18,21H,5-9,14-15H2,1-4H3/t18-/m0/s1. The fraction of sp³-hybridized carbons (Fsp3) is 0.667. The summed E-state index contributed by atoms with van der Waals surface area (Å²) in [6.07, 6.45) is 1.62. The topological polar surface area (TPSA) is 26.7 Å². The minimum atomic E-state index is -0.336. The Morgan fingerprint density at radius 2 is 1.52 bits per heavy atom. The zero-order valence-corrected chi connectivity index (χ0v) is 14.2. The summed E-state index contributed by atoms with van der Waals surface area (Å²) in [4.78, 5) is 4.88. The van der Waals surface area contributed by atoms with Crippen molar-refractivity contribution >= 4 is 5.69 Å². The summed E-state index contributed by atoms with van der Waals surface area (Å²) in [5, 5.41) is 9.85. The summed E-state index contributed by atoms with van der Waals surface area (Å²) < 4.78 is 0. The lowest BCUT2D eigenvalue weighted by Crippen LogP contribution is -2.29. The van der Waals surface area contributed by atoms with Crippen molar-refractivity contribution in [3.8, 4) is 0 Å². The first-order chi connectivity index (χ1) is 10.2. The molecule has 0 unspecified atom stereocenters. The van der Waals surface area contributed by atoms with Crippen LogP contribution in [0, 0.1) is 0 Å². The summed E-state index contributed by atoms with van der Waals surface area (Å²) in [5.74, 6) is 0. The normalized spacial score (nSPS) is 12.7. The van der Waals surface area contributed by atoms with Gasteiger partial charge in [0.2, 0.25) is 0 Å². The molecule has 0 aliphatic heterocycles. The molecule has 0 aliphatic carbocycles. The van der Waals surface area contributed by atoms with Crippen LogP contribution in [-0.4, -0.2) is 42.7 Å². The fourth-order valence-corrected chi connectivity index (χ4v) is 2.64. The van der Waals surface area contributed by atoms with Crippen molar-refractivity contribution in [2.75, 3.05) is 37.6 Å². The van der Waals surface area contributed by atoms with Crippen LogP contribution in [-0.2, 0) is 0 Å². The van der Waals surface area contributed by atoms with Crippen LogP contribution >= 0.6 is 0 Å². The van der Waals surface area contributed by atoms with Crippen LogP contribution in [0.3, 0.4) is 0 Å². The molecule has 0 saturated carbocycles. The molecule has 0 bridgehead atoms. The van der Waals surface area contributed by atoms with E-state index < -0.39 is 0 Å². The van der Waals surface area contributed by atoms with Gasteiger partial charge in [0.25, 0.3) is 0 Å². The third kappa shape index (κ3) is 5.68. The van der Waals surface area contributed by atoms with E-state index in [4.69, 9.17) is 0 Å². The van der Waals surface area contributed by atoms with Crippen LogP contribution in [0.5, 0.6) is 0 Å². The monoisotopic (exact) mass is 292 g/mol. The third-order valence-electron chi connectivity index (χ3n) is 4.21. The Hall–Kier alpha value is -1.06. The third-order valence-corrected chi connectivity index (χ3v) is 4.21. The molecule has 3 heteroatoms. The van der Waals surface area contributed by atoms with Gasteiger partial charge < -0.3 is 14.9 Å². The molecule has 0 amide bonds. The van der Waals surface area contributed by atoms with Gasteiger partial charge in [0.05, 0.1) is 6.10 Å². The van der Waals surface area contributed by atoms with Gasteiger partial charge in [0.15, 0.2) is 0 Å². The number of rotatable bonds is 10. The SMILES string of the molecule is CC[C@H](O)c1ccc(N(CC)CCCN(CC)CC)cc1. The molecule has 0 spiro atoms. The first kappa shape index (κ1) is 18.0.